The molecule has 1 saturated carbocycles. The Morgan fingerprint density at radius 2 is 1.95 bits per heavy atom. The van der Waals surface area contributed by atoms with Gasteiger partial charge in [0.05, 0.1) is 11.6 Å². The van der Waals surface area contributed by atoms with E-state index in [-0.39, 0.29) is 9.92 Å². The Labute approximate surface area is 131 Å². The van der Waals surface area contributed by atoms with Crippen LogP contribution in [-0.2, 0) is 16.6 Å². The molecule has 118 valence electrons. The SMILES string of the molecule is O=S(=O)(NCC(F)F)c1ccc(Cl)c(CNC2CC2)c1Cl. The van der Waals surface area contributed by atoms with Crippen molar-refractivity contribution in [2.45, 2.75) is 36.7 Å². The van der Waals surface area contributed by atoms with E-state index in [4.69, 9.17) is 23.2 Å². The molecule has 0 radical (unpaired) electrons. The first-order valence-corrected chi connectivity index (χ1v) is 8.53. The summed E-state index contributed by atoms with van der Waals surface area (Å²) in [6, 6.07) is 3.00. The predicted molar refractivity (Wildman–Crippen MR) is 77.5 cm³/mol. The molecule has 0 aromatic heterocycles. The van der Waals surface area contributed by atoms with Crippen LogP contribution in [0.15, 0.2) is 17.0 Å². The fourth-order valence-corrected chi connectivity index (χ4v) is 3.65. The number of hydrogen-bond donors (Lipinski definition) is 2. The molecule has 9 heteroatoms. The summed E-state index contributed by atoms with van der Waals surface area (Å²) in [5.41, 5.74) is 0.449. The molecule has 1 aromatic carbocycles. The van der Waals surface area contributed by atoms with Crippen LogP contribution in [0, 0.1) is 0 Å². The van der Waals surface area contributed by atoms with Gasteiger partial charge in [0.15, 0.2) is 0 Å². The third-order valence-corrected chi connectivity index (χ3v) is 5.38. The Morgan fingerprint density at radius 1 is 1.29 bits per heavy atom. The lowest BCUT2D eigenvalue weighted by atomic mass is 10.2. The molecule has 1 aromatic rings. The zero-order valence-corrected chi connectivity index (χ0v) is 13.2. The van der Waals surface area contributed by atoms with E-state index in [0.29, 0.717) is 23.2 Å². The molecule has 0 bridgehead atoms. The number of hydrogen-bond acceptors (Lipinski definition) is 3. The van der Waals surface area contributed by atoms with Gasteiger partial charge in [-0.25, -0.2) is 21.9 Å². The third kappa shape index (κ3) is 4.50. The van der Waals surface area contributed by atoms with E-state index in [1.807, 2.05) is 4.72 Å². The Kier molecular flexibility index (Phi) is 5.43. The van der Waals surface area contributed by atoms with Crippen molar-refractivity contribution in [3.05, 3.63) is 27.7 Å². The summed E-state index contributed by atoms with van der Waals surface area (Å²) in [7, 11) is -4.10. The minimum Gasteiger partial charge on any atom is -0.310 e. The van der Waals surface area contributed by atoms with Crippen molar-refractivity contribution in [2.75, 3.05) is 6.54 Å². The summed E-state index contributed by atoms with van der Waals surface area (Å²) in [6.07, 6.45) is -0.659. The summed E-state index contributed by atoms with van der Waals surface area (Å²) < 4.78 is 50.1. The number of alkyl halides is 2. The second-order valence-corrected chi connectivity index (χ2v) is 7.26. The van der Waals surface area contributed by atoms with Gasteiger partial charge >= 0.3 is 0 Å². The van der Waals surface area contributed by atoms with E-state index in [1.165, 1.54) is 12.1 Å². The van der Waals surface area contributed by atoms with Crippen molar-refractivity contribution >= 4 is 33.2 Å². The number of benzene rings is 1. The van der Waals surface area contributed by atoms with E-state index in [1.54, 1.807) is 0 Å². The fourth-order valence-electron chi connectivity index (χ4n) is 1.73. The van der Waals surface area contributed by atoms with Crippen LogP contribution in [0.4, 0.5) is 8.78 Å². The molecule has 2 N–H and O–H groups in total. The number of sulfonamides is 1. The van der Waals surface area contributed by atoms with E-state index < -0.39 is 23.0 Å². The van der Waals surface area contributed by atoms with Crippen molar-refractivity contribution in [2.24, 2.45) is 0 Å². The molecule has 0 heterocycles. The van der Waals surface area contributed by atoms with E-state index >= 15 is 0 Å². The second-order valence-electron chi connectivity index (χ2n) is 4.74. The van der Waals surface area contributed by atoms with Crippen LogP contribution in [0.1, 0.15) is 18.4 Å². The highest BCUT2D eigenvalue weighted by Crippen LogP contribution is 2.32. The zero-order valence-electron chi connectivity index (χ0n) is 10.9. The van der Waals surface area contributed by atoms with Crippen LogP contribution in [0.3, 0.4) is 0 Å². The normalized spacial score (nSPS) is 15.7. The average molecular weight is 359 g/mol. The average Bonchev–Trinajstić information content (AvgIpc) is 3.20. The van der Waals surface area contributed by atoms with E-state index in [9.17, 15) is 17.2 Å². The fraction of sp³-hybridized carbons (Fsp3) is 0.500. The maximum Gasteiger partial charge on any atom is 0.251 e. The van der Waals surface area contributed by atoms with Crippen LogP contribution in [-0.4, -0.2) is 27.4 Å². The molecule has 1 aliphatic carbocycles. The minimum atomic E-state index is -4.10. The van der Waals surface area contributed by atoms with Crippen molar-refractivity contribution in [3.63, 3.8) is 0 Å². The van der Waals surface area contributed by atoms with Gasteiger partial charge in [-0.1, -0.05) is 23.2 Å². The molecule has 1 fully saturated rings. The number of halogens is 4. The molecular weight excluding hydrogens is 345 g/mol. The lowest BCUT2D eigenvalue weighted by molar-refractivity contribution is 0.153. The standard InChI is InChI=1S/C12H14Cl2F2N2O2S/c13-9-3-4-10(21(19,20)18-6-11(15)16)12(14)8(9)5-17-7-1-2-7/h3-4,7,11,17-18H,1-2,5-6H2. The molecule has 21 heavy (non-hydrogen) atoms. The van der Waals surface area contributed by atoms with Gasteiger partial charge in [-0.05, 0) is 25.0 Å². The Hall–Kier alpha value is -0.470. The highest BCUT2D eigenvalue weighted by molar-refractivity contribution is 7.89. The smallest absolute Gasteiger partial charge is 0.251 e. The van der Waals surface area contributed by atoms with Gasteiger partial charge < -0.3 is 5.32 Å². The first kappa shape index (κ1) is 16.9. The molecule has 0 atom stereocenters. The van der Waals surface area contributed by atoms with Gasteiger partial charge in [-0.3, -0.25) is 0 Å². The molecule has 0 aliphatic heterocycles. The molecule has 0 spiro atoms. The highest BCUT2D eigenvalue weighted by Gasteiger charge is 2.25. The van der Waals surface area contributed by atoms with Gasteiger partial charge in [-0.15, -0.1) is 0 Å². The van der Waals surface area contributed by atoms with Crippen LogP contribution in [0.5, 0.6) is 0 Å². The third-order valence-electron chi connectivity index (χ3n) is 3.01. The topological polar surface area (TPSA) is 58.2 Å². The quantitative estimate of drug-likeness (QED) is 0.787. The maximum absolute atomic E-state index is 12.2. The van der Waals surface area contributed by atoms with E-state index in [2.05, 4.69) is 5.32 Å². The summed E-state index contributed by atoms with van der Waals surface area (Å²) in [5, 5.41) is 3.47. The van der Waals surface area contributed by atoms with Gasteiger partial charge in [0.25, 0.3) is 6.43 Å². The first-order valence-electron chi connectivity index (χ1n) is 6.29. The molecule has 1 aliphatic rings. The summed E-state index contributed by atoms with van der Waals surface area (Å²) >= 11 is 12.1. The number of nitrogens with one attached hydrogen (secondary N) is 2. The van der Waals surface area contributed by atoms with Crippen LogP contribution in [0.25, 0.3) is 0 Å². The predicted octanol–water partition coefficient (Wildman–Crippen LogP) is 2.79. The molecule has 2 rings (SSSR count). The molecule has 0 amide bonds. The summed E-state index contributed by atoms with van der Waals surface area (Å²) in [4.78, 5) is -0.248. The molecule has 0 unspecified atom stereocenters. The van der Waals surface area contributed by atoms with Crippen LogP contribution < -0.4 is 10.0 Å². The largest absolute Gasteiger partial charge is 0.310 e. The highest BCUT2D eigenvalue weighted by atomic mass is 35.5. The molecular formula is C12H14Cl2F2N2O2S. The summed E-state index contributed by atoms with van der Waals surface area (Å²) in [6.45, 7) is -0.627. The summed E-state index contributed by atoms with van der Waals surface area (Å²) in [5.74, 6) is 0. The Balaban J connectivity index is 2.24. The Bertz CT molecular complexity index is 622. The van der Waals surface area contributed by atoms with Gasteiger partial charge in [0, 0.05) is 23.2 Å². The molecule has 0 saturated heterocycles. The van der Waals surface area contributed by atoms with Crippen molar-refractivity contribution in [1.82, 2.24) is 10.0 Å². The lowest BCUT2D eigenvalue weighted by Crippen LogP contribution is -2.29. The van der Waals surface area contributed by atoms with Crippen molar-refractivity contribution in [3.8, 4) is 0 Å². The van der Waals surface area contributed by atoms with Crippen molar-refractivity contribution in [1.29, 1.82) is 0 Å². The van der Waals surface area contributed by atoms with Crippen LogP contribution >= 0.6 is 23.2 Å². The lowest BCUT2D eigenvalue weighted by Gasteiger charge is -2.13. The first-order chi connectivity index (χ1) is 9.81. The monoisotopic (exact) mass is 358 g/mol. The maximum atomic E-state index is 12.2. The zero-order chi connectivity index (χ0) is 15.6. The second kappa shape index (κ2) is 6.75. The van der Waals surface area contributed by atoms with E-state index in [0.717, 1.165) is 12.8 Å². The minimum absolute atomic E-state index is 0.0441. The molecule has 4 nitrogen and oxygen atoms in total. The number of rotatable bonds is 7. The van der Waals surface area contributed by atoms with Crippen LogP contribution in [0.2, 0.25) is 10.0 Å². The van der Waals surface area contributed by atoms with Gasteiger partial charge in [0.2, 0.25) is 10.0 Å². The van der Waals surface area contributed by atoms with Gasteiger partial charge in [0.1, 0.15) is 4.90 Å². The van der Waals surface area contributed by atoms with Crippen molar-refractivity contribution < 1.29 is 17.2 Å². The van der Waals surface area contributed by atoms with Gasteiger partial charge in [-0.2, -0.15) is 0 Å². The Morgan fingerprint density at radius 3 is 2.52 bits per heavy atom.